The Bertz CT molecular complexity index is 411. The van der Waals surface area contributed by atoms with Gasteiger partial charge in [-0.3, -0.25) is 4.79 Å². The summed E-state index contributed by atoms with van der Waals surface area (Å²) in [5.41, 5.74) is 3.89. The Morgan fingerprint density at radius 3 is 2.44 bits per heavy atom. The van der Waals surface area contributed by atoms with Gasteiger partial charge in [0.2, 0.25) is 6.41 Å². The van der Waals surface area contributed by atoms with Crippen LogP contribution in [0, 0.1) is 0 Å². The summed E-state index contributed by atoms with van der Waals surface area (Å²) < 4.78 is 0. The number of amides is 1. The molecule has 0 spiro atoms. The molecule has 0 aromatic heterocycles. The zero-order chi connectivity index (χ0) is 13.0. The molecule has 0 fully saturated rings. The summed E-state index contributed by atoms with van der Waals surface area (Å²) in [5.74, 6) is 0. The van der Waals surface area contributed by atoms with E-state index in [-0.39, 0.29) is 0 Å². The Labute approximate surface area is 109 Å². The summed E-state index contributed by atoms with van der Waals surface area (Å²) in [6.07, 6.45) is 3.27. The highest BCUT2D eigenvalue weighted by atomic mass is 16.1. The molecule has 2 rings (SSSR count). The smallest absolute Gasteiger partial charge is 0.210 e. The molecule has 1 aromatic rings. The maximum Gasteiger partial charge on any atom is 0.210 e. The van der Waals surface area contributed by atoms with E-state index in [4.69, 9.17) is 0 Å². The van der Waals surface area contributed by atoms with Gasteiger partial charge in [-0.25, -0.2) is 0 Å². The van der Waals surface area contributed by atoms with Gasteiger partial charge in [0.1, 0.15) is 0 Å². The molecule has 3 nitrogen and oxygen atoms in total. The van der Waals surface area contributed by atoms with Crippen molar-refractivity contribution in [2.24, 2.45) is 0 Å². The van der Waals surface area contributed by atoms with Crippen molar-refractivity contribution in [1.82, 2.24) is 4.90 Å². The van der Waals surface area contributed by atoms with Gasteiger partial charge in [0.05, 0.1) is 0 Å². The molecular weight excluding hydrogens is 224 g/mol. The topological polar surface area (TPSA) is 23.6 Å². The second-order valence-corrected chi connectivity index (χ2v) is 4.95. The number of hydrogen-bond donors (Lipinski definition) is 0. The molecule has 0 unspecified atom stereocenters. The Balaban J connectivity index is 2.18. The number of fused-ring (bicyclic) bond motifs is 1. The molecule has 0 radical (unpaired) electrons. The molecule has 18 heavy (non-hydrogen) atoms. The lowest BCUT2D eigenvalue weighted by Gasteiger charge is -2.24. The highest BCUT2D eigenvalue weighted by Gasteiger charge is 2.18. The molecule has 1 aromatic carbocycles. The van der Waals surface area contributed by atoms with Gasteiger partial charge in [0.15, 0.2) is 0 Å². The lowest BCUT2D eigenvalue weighted by Crippen LogP contribution is -2.24. The molecule has 1 aliphatic heterocycles. The first-order valence-electron chi connectivity index (χ1n) is 6.84. The first kappa shape index (κ1) is 12.9. The van der Waals surface area contributed by atoms with Crippen molar-refractivity contribution in [3.8, 4) is 0 Å². The molecule has 0 aliphatic carbocycles. The van der Waals surface area contributed by atoms with Crippen molar-refractivity contribution < 1.29 is 4.79 Å². The average Bonchev–Trinajstić information content (AvgIpc) is 2.80. The van der Waals surface area contributed by atoms with Gasteiger partial charge in [-0.1, -0.05) is 19.9 Å². The van der Waals surface area contributed by atoms with Crippen molar-refractivity contribution in [3.63, 3.8) is 0 Å². The zero-order valence-electron chi connectivity index (χ0n) is 11.4. The SMILES string of the molecule is CCCN(CCC)c1ccc2c(c1)CN(C=O)C2. The molecule has 3 heteroatoms. The van der Waals surface area contributed by atoms with E-state index in [1.54, 1.807) is 0 Å². The molecule has 1 heterocycles. The number of benzene rings is 1. The monoisotopic (exact) mass is 246 g/mol. The number of carbonyl (C=O) groups is 1. The predicted octanol–water partition coefficient (Wildman–Crippen LogP) is 2.79. The van der Waals surface area contributed by atoms with Crippen LogP contribution < -0.4 is 4.90 Å². The van der Waals surface area contributed by atoms with E-state index in [2.05, 4.69) is 36.9 Å². The molecule has 0 saturated heterocycles. The van der Waals surface area contributed by atoms with Crippen molar-refractivity contribution in [3.05, 3.63) is 29.3 Å². The third-order valence-corrected chi connectivity index (χ3v) is 3.44. The minimum absolute atomic E-state index is 0.763. The summed E-state index contributed by atoms with van der Waals surface area (Å²) in [5, 5.41) is 0. The van der Waals surface area contributed by atoms with Crippen LogP contribution >= 0.6 is 0 Å². The minimum atomic E-state index is 0.763. The summed E-state index contributed by atoms with van der Waals surface area (Å²) in [7, 11) is 0. The van der Waals surface area contributed by atoms with E-state index >= 15 is 0 Å². The van der Waals surface area contributed by atoms with Crippen molar-refractivity contribution in [2.75, 3.05) is 18.0 Å². The van der Waals surface area contributed by atoms with Crippen molar-refractivity contribution in [2.45, 2.75) is 39.8 Å². The van der Waals surface area contributed by atoms with Crippen LogP contribution in [0.5, 0.6) is 0 Å². The third kappa shape index (κ3) is 2.66. The van der Waals surface area contributed by atoms with Gasteiger partial charge in [-0.2, -0.15) is 0 Å². The number of rotatable bonds is 6. The van der Waals surface area contributed by atoms with Crippen LogP contribution in [0.4, 0.5) is 5.69 Å². The van der Waals surface area contributed by atoms with E-state index in [0.717, 1.165) is 45.4 Å². The fourth-order valence-electron chi connectivity index (χ4n) is 2.59. The molecular formula is C15H22N2O. The number of anilines is 1. The highest BCUT2D eigenvalue weighted by Crippen LogP contribution is 2.26. The molecule has 1 aliphatic rings. The van der Waals surface area contributed by atoms with Crippen molar-refractivity contribution in [1.29, 1.82) is 0 Å². The maximum absolute atomic E-state index is 10.8. The van der Waals surface area contributed by atoms with Gasteiger partial charge >= 0.3 is 0 Å². The zero-order valence-corrected chi connectivity index (χ0v) is 11.4. The van der Waals surface area contributed by atoms with Gasteiger partial charge in [0.25, 0.3) is 0 Å². The normalized spacial score (nSPS) is 13.6. The van der Waals surface area contributed by atoms with E-state index in [1.165, 1.54) is 16.8 Å². The van der Waals surface area contributed by atoms with Crippen LogP contribution in [-0.4, -0.2) is 24.4 Å². The largest absolute Gasteiger partial charge is 0.372 e. The van der Waals surface area contributed by atoms with E-state index in [0.29, 0.717) is 0 Å². The summed E-state index contributed by atoms with van der Waals surface area (Å²) in [4.78, 5) is 15.1. The Morgan fingerprint density at radius 1 is 1.17 bits per heavy atom. The predicted molar refractivity (Wildman–Crippen MR) is 74.5 cm³/mol. The lowest BCUT2D eigenvalue weighted by atomic mass is 10.1. The van der Waals surface area contributed by atoms with Crippen LogP contribution in [0.2, 0.25) is 0 Å². The number of hydrogen-bond acceptors (Lipinski definition) is 2. The standard InChI is InChI=1S/C15H22N2O/c1-3-7-17(8-4-2)15-6-5-13-10-16(12-18)11-14(13)9-15/h5-6,9,12H,3-4,7-8,10-11H2,1-2H3. The summed E-state index contributed by atoms with van der Waals surface area (Å²) in [6, 6.07) is 6.62. The lowest BCUT2D eigenvalue weighted by molar-refractivity contribution is -0.118. The quantitative estimate of drug-likeness (QED) is 0.721. The van der Waals surface area contributed by atoms with Crippen LogP contribution in [0.1, 0.15) is 37.8 Å². The Kier molecular flexibility index (Phi) is 4.24. The first-order valence-corrected chi connectivity index (χ1v) is 6.84. The van der Waals surface area contributed by atoms with E-state index < -0.39 is 0 Å². The van der Waals surface area contributed by atoms with Crippen LogP contribution in [0.3, 0.4) is 0 Å². The average molecular weight is 246 g/mol. The Hall–Kier alpha value is -1.51. The van der Waals surface area contributed by atoms with Crippen molar-refractivity contribution >= 4 is 12.1 Å². The summed E-state index contributed by atoms with van der Waals surface area (Å²) >= 11 is 0. The molecule has 0 atom stereocenters. The van der Waals surface area contributed by atoms with E-state index in [9.17, 15) is 4.79 Å². The van der Waals surface area contributed by atoms with Gasteiger partial charge in [0, 0.05) is 31.9 Å². The molecule has 98 valence electrons. The third-order valence-electron chi connectivity index (χ3n) is 3.44. The van der Waals surface area contributed by atoms with Crippen LogP contribution in [0.25, 0.3) is 0 Å². The molecule has 0 saturated carbocycles. The number of nitrogens with zero attached hydrogens (tertiary/aromatic N) is 2. The van der Waals surface area contributed by atoms with Crippen LogP contribution in [0.15, 0.2) is 18.2 Å². The molecule has 0 N–H and O–H groups in total. The molecule has 1 amide bonds. The Morgan fingerprint density at radius 2 is 1.83 bits per heavy atom. The number of carbonyl (C=O) groups excluding carboxylic acids is 1. The van der Waals surface area contributed by atoms with Gasteiger partial charge in [-0.15, -0.1) is 0 Å². The molecule has 0 bridgehead atoms. The minimum Gasteiger partial charge on any atom is -0.372 e. The van der Waals surface area contributed by atoms with Crippen LogP contribution in [-0.2, 0) is 17.9 Å². The van der Waals surface area contributed by atoms with Gasteiger partial charge < -0.3 is 9.80 Å². The second kappa shape index (κ2) is 5.89. The van der Waals surface area contributed by atoms with Gasteiger partial charge in [-0.05, 0) is 36.1 Å². The van der Waals surface area contributed by atoms with E-state index in [1.807, 2.05) is 4.90 Å². The highest BCUT2D eigenvalue weighted by molar-refractivity contribution is 5.56. The fourth-order valence-corrected chi connectivity index (χ4v) is 2.59. The second-order valence-electron chi connectivity index (χ2n) is 4.95. The first-order chi connectivity index (χ1) is 8.78. The summed E-state index contributed by atoms with van der Waals surface area (Å²) in [6.45, 7) is 8.15. The fraction of sp³-hybridized carbons (Fsp3) is 0.533. The maximum atomic E-state index is 10.8.